The first-order chi connectivity index (χ1) is 22.6. The van der Waals surface area contributed by atoms with Gasteiger partial charge in [-0.15, -0.1) is 0 Å². The Hall–Kier alpha value is -3.76. The second-order valence-corrected chi connectivity index (χ2v) is 14.5. The number of rotatable bonds is 11. The zero-order valence-electron chi connectivity index (χ0n) is 26.3. The fraction of sp³-hybridized carbons (Fsp3) is 0.469. The van der Waals surface area contributed by atoms with Crippen LogP contribution in [0, 0.1) is 17.6 Å². The topological polar surface area (TPSA) is 146 Å². The molecule has 47 heavy (non-hydrogen) atoms. The van der Waals surface area contributed by atoms with Gasteiger partial charge in [0.05, 0.1) is 71.7 Å². The predicted molar refractivity (Wildman–Crippen MR) is 173 cm³/mol. The van der Waals surface area contributed by atoms with Crippen molar-refractivity contribution in [3.63, 3.8) is 0 Å². The van der Waals surface area contributed by atoms with E-state index in [9.17, 15) is 8.42 Å². The summed E-state index contributed by atoms with van der Waals surface area (Å²) in [4.78, 5) is 10.9. The molecule has 1 aromatic carbocycles. The van der Waals surface area contributed by atoms with E-state index in [2.05, 4.69) is 25.3 Å². The number of pyridine rings is 1. The van der Waals surface area contributed by atoms with Crippen molar-refractivity contribution in [1.82, 2.24) is 19.6 Å². The Morgan fingerprint density at radius 3 is 2.57 bits per heavy atom. The third-order valence-electron chi connectivity index (χ3n) is 8.47. The number of piperidine rings is 1. The summed E-state index contributed by atoms with van der Waals surface area (Å²) in [6, 6.07) is 7.32. The third kappa shape index (κ3) is 7.87. The first kappa shape index (κ1) is 33.2. The van der Waals surface area contributed by atoms with Gasteiger partial charge in [0.2, 0.25) is 5.95 Å². The number of sulfone groups is 1. The highest BCUT2D eigenvalue weighted by Gasteiger charge is 2.34. The second-order valence-electron chi connectivity index (χ2n) is 12.2. The van der Waals surface area contributed by atoms with E-state index in [0.717, 1.165) is 18.5 Å². The van der Waals surface area contributed by atoms with E-state index >= 15 is 8.78 Å². The zero-order chi connectivity index (χ0) is 33.1. The van der Waals surface area contributed by atoms with Gasteiger partial charge in [-0.3, -0.25) is 4.98 Å². The normalized spacial score (nSPS) is 21.0. The van der Waals surface area contributed by atoms with Crippen LogP contribution in [0.4, 0.5) is 26.1 Å². The molecule has 0 unspecified atom stereocenters. The number of benzene rings is 1. The molecule has 15 heteroatoms. The third-order valence-corrected chi connectivity index (χ3v) is 9.38. The predicted octanol–water partition coefficient (Wildman–Crippen LogP) is 3.72. The van der Waals surface area contributed by atoms with Gasteiger partial charge < -0.3 is 30.2 Å². The van der Waals surface area contributed by atoms with Crippen LogP contribution in [0.5, 0.6) is 0 Å². The highest BCUT2D eigenvalue weighted by molar-refractivity contribution is 7.90. The number of ether oxygens (including phenoxy) is 3. The lowest BCUT2D eigenvalue weighted by Crippen LogP contribution is -2.57. The molecule has 0 radical (unpaired) electrons. The minimum Gasteiger partial charge on any atom is -0.381 e. The maximum atomic E-state index is 15.4. The molecule has 0 bridgehead atoms. The lowest BCUT2D eigenvalue weighted by Gasteiger charge is -2.42. The summed E-state index contributed by atoms with van der Waals surface area (Å²) in [5.41, 5.74) is 8.85. The van der Waals surface area contributed by atoms with Crippen LogP contribution in [0.15, 0.2) is 48.9 Å². The Morgan fingerprint density at radius 1 is 1.09 bits per heavy atom. The van der Waals surface area contributed by atoms with Crippen molar-refractivity contribution in [3.05, 3.63) is 66.1 Å². The standard InChI is InChI=1S/C32H39F2N7O5S/c1-20-17-40(18-26(35)31(20)45-11-12-47(2,42)43)29-5-8-36-16-28(29)38-32-37-15-22-3-4-27(39-41(22)32)30-24(33)13-21(14-25(30)34)19-46-23-6-9-44-10-7-23/h3-5,8,13-16,20,23,26,31H,6-7,9-12,17-19,35H2,1-2H3,(H,37,38)/t20-,26+,31-/m0/s1. The number of imidazole rings is 1. The molecule has 2 aliphatic heterocycles. The Kier molecular flexibility index (Phi) is 9.98. The lowest BCUT2D eigenvalue weighted by atomic mass is 9.92. The minimum atomic E-state index is -3.14. The second kappa shape index (κ2) is 14.2. The van der Waals surface area contributed by atoms with E-state index in [1.165, 1.54) is 22.9 Å². The molecule has 252 valence electrons. The summed E-state index contributed by atoms with van der Waals surface area (Å²) in [7, 11) is -3.14. The molecule has 3 aromatic heterocycles. The molecule has 2 saturated heterocycles. The van der Waals surface area contributed by atoms with E-state index in [-0.39, 0.29) is 54.4 Å². The van der Waals surface area contributed by atoms with Crippen molar-refractivity contribution in [3.8, 4) is 11.3 Å². The molecule has 5 heterocycles. The van der Waals surface area contributed by atoms with Gasteiger partial charge in [0.1, 0.15) is 21.5 Å². The fourth-order valence-corrected chi connectivity index (χ4v) is 6.52. The maximum absolute atomic E-state index is 15.4. The quantitative estimate of drug-likeness (QED) is 0.241. The molecule has 0 aliphatic carbocycles. The van der Waals surface area contributed by atoms with E-state index in [0.29, 0.717) is 49.0 Å². The van der Waals surface area contributed by atoms with Gasteiger partial charge >= 0.3 is 0 Å². The van der Waals surface area contributed by atoms with Crippen molar-refractivity contribution in [2.45, 2.75) is 44.6 Å². The largest absolute Gasteiger partial charge is 0.381 e. The van der Waals surface area contributed by atoms with Gasteiger partial charge in [0.25, 0.3) is 0 Å². The summed E-state index contributed by atoms with van der Waals surface area (Å²) in [5.74, 6) is -1.19. The summed E-state index contributed by atoms with van der Waals surface area (Å²) >= 11 is 0. The first-order valence-corrected chi connectivity index (χ1v) is 17.6. The molecule has 2 fully saturated rings. The highest BCUT2D eigenvalue weighted by Crippen LogP contribution is 2.33. The molecule has 0 saturated carbocycles. The van der Waals surface area contributed by atoms with E-state index in [1.807, 2.05) is 13.0 Å². The number of anilines is 3. The van der Waals surface area contributed by atoms with Gasteiger partial charge in [0.15, 0.2) is 0 Å². The monoisotopic (exact) mass is 671 g/mol. The number of hydrogen-bond donors (Lipinski definition) is 2. The molecular weight excluding hydrogens is 632 g/mol. The van der Waals surface area contributed by atoms with E-state index in [4.69, 9.17) is 19.9 Å². The van der Waals surface area contributed by atoms with Crippen LogP contribution in [0.2, 0.25) is 0 Å². The SMILES string of the molecule is C[C@H]1CN(c2ccncc2Nc2ncc3ccc(-c4c(F)cc(COC5CCOCC5)cc4F)nn23)C[C@@H](N)[C@H]1OCCS(C)(=O)=O. The van der Waals surface area contributed by atoms with Crippen molar-refractivity contribution in [2.75, 3.05) is 55.1 Å². The Labute approximate surface area is 272 Å². The molecule has 3 N–H and O–H groups in total. The van der Waals surface area contributed by atoms with Crippen LogP contribution >= 0.6 is 0 Å². The number of aromatic nitrogens is 4. The van der Waals surface area contributed by atoms with E-state index in [1.54, 1.807) is 30.7 Å². The molecular formula is C32H39F2N7O5S. The Morgan fingerprint density at radius 2 is 1.85 bits per heavy atom. The van der Waals surface area contributed by atoms with Crippen LogP contribution in [-0.2, 0) is 30.7 Å². The Balaban J connectivity index is 1.19. The summed E-state index contributed by atoms with van der Waals surface area (Å²) < 4.78 is 72.4. The van der Waals surface area contributed by atoms with Crippen molar-refractivity contribution in [1.29, 1.82) is 0 Å². The smallest absolute Gasteiger partial charge is 0.229 e. The average Bonchev–Trinajstić information content (AvgIpc) is 3.43. The van der Waals surface area contributed by atoms with Crippen molar-refractivity contribution >= 4 is 32.7 Å². The van der Waals surface area contributed by atoms with Gasteiger partial charge in [-0.2, -0.15) is 9.61 Å². The number of fused-ring (bicyclic) bond motifs is 1. The number of halogens is 2. The molecule has 2 aliphatic rings. The first-order valence-electron chi connectivity index (χ1n) is 15.6. The maximum Gasteiger partial charge on any atom is 0.229 e. The van der Waals surface area contributed by atoms with Gasteiger partial charge in [-0.05, 0) is 48.7 Å². The van der Waals surface area contributed by atoms with Gasteiger partial charge in [0, 0.05) is 50.7 Å². The average molecular weight is 672 g/mol. The van der Waals surface area contributed by atoms with Crippen LogP contribution in [-0.4, -0.2) is 91.2 Å². The summed E-state index contributed by atoms with van der Waals surface area (Å²) in [5, 5.41) is 7.83. The van der Waals surface area contributed by atoms with Crippen LogP contribution in [0.3, 0.4) is 0 Å². The minimum absolute atomic E-state index is 0.00538. The molecule has 12 nitrogen and oxygen atoms in total. The highest BCUT2D eigenvalue weighted by atomic mass is 32.2. The van der Waals surface area contributed by atoms with Crippen molar-refractivity contribution < 1.29 is 31.4 Å². The van der Waals surface area contributed by atoms with Gasteiger partial charge in [-0.25, -0.2) is 22.2 Å². The molecule has 4 aromatic rings. The lowest BCUT2D eigenvalue weighted by molar-refractivity contribution is -0.0391. The number of nitrogens with two attached hydrogens (primary N) is 1. The van der Waals surface area contributed by atoms with Crippen LogP contribution in [0.25, 0.3) is 16.8 Å². The number of hydrogen-bond acceptors (Lipinski definition) is 11. The van der Waals surface area contributed by atoms with Crippen LogP contribution in [0.1, 0.15) is 25.3 Å². The zero-order valence-corrected chi connectivity index (χ0v) is 27.1. The Bertz CT molecular complexity index is 1780. The van der Waals surface area contributed by atoms with Crippen molar-refractivity contribution in [2.24, 2.45) is 11.7 Å². The van der Waals surface area contributed by atoms with Crippen LogP contribution < -0.4 is 16.0 Å². The van der Waals surface area contributed by atoms with E-state index < -0.39 is 21.5 Å². The number of nitrogens with zero attached hydrogens (tertiary/aromatic N) is 5. The molecule has 6 rings (SSSR count). The summed E-state index contributed by atoms with van der Waals surface area (Å²) in [6.45, 7) is 4.52. The molecule has 3 atom stereocenters. The van der Waals surface area contributed by atoms with Gasteiger partial charge in [-0.1, -0.05) is 6.92 Å². The number of nitrogens with one attached hydrogen (secondary N) is 1. The fourth-order valence-electron chi connectivity index (χ4n) is 6.12. The molecule has 0 spiro atoms. The summed E-state index contributed by atoms with van der Waals surface area (Å²) in [6.07, 6.45) is 7.34. The molecule has 0 amide bonds.